The van der Waals surface area contributed by atoms with Gasteiger partial charge in [-0.3, -0.25) is 19.2 Å². The molecule has 0 bridgehead atoms. The number of pyridine rings is 2. The molecule has 1 aliphatic heterocycles. The van der Waals surface area contributed by atoms with Gasteiger partial charge in [-0.2, -0.15) is 18.2 Å². The van der Waals surface area contributed by atoms with Gasteiger partial charge < -0.3 is 31.5 Å². The van der Waals surface area contributed by atoms with Gasteiger partial charge in [0.25, 0.3) is 11.9 Å². The number of hydrogen-bond acceptors (Lipinski definition) is 8. The number of nitrogens with one attached hydrogen (secondary N) is 4. The molecule has 6 atom stereocenters. The first-order valence-corrected chi connectivity index (χ1v) is 12.9. The van der Waals surface area contributed by atoms with Gasteiger partial charge in [0.05, 0.1) is 24.1 Å². The molecule has 2 aromatic rings. The van der Waals surface area contributed by atoms with Gasteiger partial charge in [-0.25, -0.2) is 9.37 Å². The van der Waals surface area contributed by atoms with Crippen molar-refractivity contribution in [2.75, 3.05) is 0 Å². The minimum Gasteiger partial charge on any atom is -0.505 e. The summed E-state index contributed by atoms with van der Waals surface area (Å²) in [7, 11) is 0. The molecular formula is C26H30F4N6O6. The number of amides is 4. The largest absolute Gasteiger partial charge is 0.505 e. The Morgan fingerprint density at radius 1 is 1.00 bits per heavy atom. The van der Waals surface area contributed by atoms with E-state index in [2.05, 4.69) is 31.2 Å². The molecule has 4 amide bonds. The molecule has 1 fully saturated rings. The Morgan fingerprint density at radius 2 is 1.67 bits per heavy atom. The van der Waals surface area contributed by atoms with Crippen molar-refractivity contribution in [1.82, 2.24) is 31.2 Å². The second kappa shape index (κ2) is 13.1. The van der Waals surface area contributed by atoms with Gasteiger partial charge in [0.1, 0.15) is 17.8 Å². The van der Waals surface area contributed by atoms with Crippen LogP contribution in [0.4, 0.5) is 17.6 Å². The number of rotatable bonds is 5. The van der Waals surface area contributed by atoms with Crippen molar-refractivity contribution in [2.24, 2.45) is 11.8 Å². The van der Waals surface area contributed by atoms with Crippen LogP contribution in [-0.4, -0.2) is 74.1 Å². The summed E-state index contributed by atoms with van der Waals surface area (Å²) in [5, 5.41) is 30.7. The molecule has 3 rings (SSSR count). The minimum atomic E-state index is -2.09. The van der Waals surface area contributed by atoms with Crippen molar-refractivity contribution in [3.8, 4) is 5.75 Å². The minimum absolute atomic E-state index is 0.468. The highest BCUT2D eigenvalue weighted by Crippen LogP contribution is 2.22. The molecule has 1 aliphatic rings. The van der Waals surface area contributed by atoms with Crippen LogP contribution in [-0.2, 0) is 20.8 Å². The Bertz CT molecular complexity index is 1380. The van der Waals surface area contributed by atoms with Crippen LogP contribution in [0.5, 0.6) is 5.75 Å². The SMILES string of the molecule is CC(C)C1NC(=O)[C@H](C)[C@H](O)[C@H](Cc2c(F)nc(F)c(F)c2F)NC(=O)[C@@H](NC(=O)c2ncccc2O)[C@@H](C)NC1=O. The van der Waals surface area contributed by atoms with E-state index in [9.17, 15) is 47.0 Å². The standard InChI is InChI=1S/C26H30F4N6O6/c1-9(2)17-24(40)32-11(4)18(35-26(42)19-14(37)6-5-7-31-19)25(41)33-13(20(38)10(3)23(39)34-17)8-12-15(27)16(28)22(30)36-21(12)29/h5-7,9-11,13,17-18,20,37-38H,8H2,1-4H3,(H,32,40)(H,33,41)(H,34,39)(H,35,42)/t10-,11-,13+,17?,18+,20+/m1/s1. The van der Waals surface area contributed by atoms with Gasteiger partial charge in [0.2, 0.25) is 29.5 Å². The highest BCUT2D eigenvalue weighted by atomic mass is 19.2. The first kappa shape index (κ1) is 32.2. The molecule has 0 aliphatic carbocycles. The molecule has 0 spiro atoms. The van der Waals surface area contributed by atoms with Gasteiger partial charge in [0.15, 0.2) is 11.5 Å². The predicted molar refractivity (Wildman–Crippen MR) is 136 cm³/mol. The Kier molecular flexibility index (Phi) is 10.0. The number of aromatic nitrogens is 2. The Balaban J connectivity index is 2.07. The lowest BCUT2D eigenvalue weighted by Crippen LogP contribution is -2.64. The van der Waals surface area contributed by atoms with E-state index < -0.39 is 113 Å². The number of halogens is 4. The van der Waals surface area contributed by atoms with Gasteiger partial charge >= 0.3 is 0 Å². The van der Waals surface area contributed by atoms with Crippen molar-refractivity contribution >= 4 is 23.6 Å². The summed E-state index contributed by atoms with van der Waals surface area (Å²) in [6.07, 6.45) is -1.70. The summed E-state index contributed by atoms with van der Waals surface area (Å²) >= 11 is 0. The first-order valence-electron chi connectivity index (χ1n) is 12.9. The Hall–Kier alpha value is -4.34. The van der Waals surface area contributed by atoms with E-state index in [-0.39, 0.29) is 0 Å². The quantitative estimate of drug-likeness (QED) is 0.209. The van der Waals surface area contributed by atoms with Crippen LogP contribution in [0.3, 0.4) is 0 Å². The third-order valence-electron chi connectivity index (χ3n) is 6.86. The summed E-state index contributed by atoms with van der Waals surface area (Å²) in [4.78, 5) is 58.9. The average Bonchev–Trinajstić information content (AvgIpc) is 2.93. The number of aliphatic hydroxyl groups is 1. The lowest BCUT2D eigenvalue weighted by atomic mass is 9.90. The van der Waals surface area contributed by atoms with E-state index >= 15 is 0 Å². The normalized spacial score (nSPS) is 25.5. The second-order valence-electron chi connectivity index (χ2n) is 10.2. The zero-order chi connectivity index (χ0) is 31.5. The first-order chi connectivity index (χ1) is 19.6. The number of carbonyl (C=O) groups excluding carboxylic acids is 4. The van der Waals surface area contributed by atoms with Crippen molar-refractivity contribution in [2.45, 2.75) is 64.4 Å². The topological polar surface area (TPSA) is 183 Å². The predicted octanol–water partition coefficient (Wildman–Crippen LogP) is 0.221. The smallest absolute Gasteiger partial charge is 0.274 e. The molecule has 1 unspecified atom stereocenters. The fraction of sp³-hybridized carbons (Fsp3) is 0.462. The summed E-state index contributed by atoms with van der Waals surface area (Å²) in [6.45, 7) is 5.77. The summed E-state index contributed by atoms with van der Waals surface area (Å²) in [6, 6.07) is -3.24. The van der Waals surface area contributed by atoms with Crippen LogP contribution in [0.1, 0.15) is 43.7 Å². The van der Waals surface area contributed by atoms with Crippen LogP contribution in [0.15, 0.2) is 18.3 Å². The van der Waals surface area contributed by atoms with Crippen LogP contribution in [0.25, 0.3) is 0 Å². The molecule has 42 heavy (non-hydrogen) atoms. The van der Waals surface area contributed by atoms with Crippen molar-refractivity contribution in [3.05, 3.63) is 53.1 Å². The fourth-order valence-corrected chi connectivity index (χ4v) is 4.36. The number of aromatic hydroxyl groups is 1. The van der Waals surface area contributed by atoms with Crippen LogP contribution < -0.4 is 21.3 Å². The lowest BCUT2D eigenvalue weighted by Gasteiger charge is -2.34. The molecule has 2 aromatic heterocycles. The third kappa shape index (κ3) is 6.92. The zero-order valence-electron chi connectivity index (χ0n) is 22.9. The van der Waals surface area contributed by atoms with E-state index in [0.717, 1.165) is 6.07 Å². The van der Waals surface area contributed by atoms with E-state index in [1.807, 2.05) is 0 Å². The maximum atomic E-state index is 14.5. The molecule has 16 heteroatoms. The van der Waals surface area contributed by atoms with Gasteiger partial charge in [-0.1, -0.05) is 20.8 Å². The third-order valence-corrected chi connectivity index (χ3v) is 6.86. The van der Waals surface area contributed by atoms with E-state index in [1.165, 1.54) is 26.1 Å². The lowest BCUT2D eigenvalue weighted by molar-refractivity contribution is -0.136. The molecule has 3 heterocycles. The van der Waals surface area contributed by atoms with Crippen LogP contribution in [0.2, 0.25) is 0 Å². The fourth-order valence-electron chi connectivity index (χ4n) is 4.36. The Labute approximate surface area is 237 Å². The van der Waals surface area contributed by atoms with Crippen molar-refractivity contribution in [1.29, 1.82) is 0 Å². The van der Waals surface area contributed by atoms with Crippen molar-refractivity contribution in [3.63, 3.8) is 0 Å². The van der Waals surface area contributed by atoms with Gasteiger partial charge in [-0.15, -0.1) is 0 Å². The van der Waals surface area contributed by atoms with Gasteiger partial charge in [-0.05, 0) is 25.0 Å². The highest BCUT2D eigenvalue weighted by molar-refractivity contribution is 5.98. The maximum Gasteiger partial charge on any atom is 0.274 e. The molecule has 0 radical (unpaired) electrons. The van der Waals surface area contributed by atoms with Gasteiger partial charge in [0, 0.05) is 18.2 Å². The summed E-state index contributed by atoms with van der Waals surface area (Å²) in [5.41, 5.74) is -1.59. The van der Waals surface area contributed by atoms with Crippen molar-refractivity contribution < 1.29 is 47.0 Å². The summed E-state index contributed by atoms with van der Waals surface area (Å²) < 4.78 is 56.3. The number of nitrogens with zero attached hydrogens (tertiary/aromatic N) is 2. The monoisotopic (exact) mass is 598 g/mol. The second-order valence-corrected chi connectivity index (χ2v) is 10.2. The number of hydrogen-bond donors (Lipinski definition) is 6. The molecule has 12 nitrogen and oxygen atoms in total. The van der Waals surface area contributed by atoms with E-state index in [4.69, 9.17) is 0 Å². The number of aliphatic hydroxyl groups excluding tert-OH is 1. The van der Waals surface area contributed by atoms with Crippen LogP contribution >= 0.6 is 0 Å². The summed E-state index contributed by atoms with van der Waals surface area (Å²) in [5.74, 6) is -14.0. The molecule has 0 saturated carbocycles. The molecule has 228 valence electrons. The Morgan fingerprint density at radius 3 is 2.29 bits per heavy atom. The molecule has 6 N–H and O–H groups in total. The average molecular weight is 599 g/mol. The van der Waals surface area contributed by atoms with E-state index in [1.54, 1.807) is 13.8 Å². The highest BCUT2D eigenvalue weighted by Gasteiger charge is 2.39. The number of carbonyl (C=O) groups is 4. The zero-order valence-corrected chi connectivity index (χ0v) is 22.9. The molecule has 1 saturated heterocycles. The maximum absolute atomic E-state index is 14.5. The van der Waals surface area contributed by atoms with Crippen LogP contribution in [0, 0.1) is 35.4 Å². The molecule has 0 aromatic carbocycles. The van der Waals surface area contributed by atoms with E-state index in [0.29, 0.717) is 0 Å². The molecular weight excluding hydrogens is 568 g/mol.